The van der Waals surface area contributed by atoms with E-state index >= 15 is 0 Å². The number of aliphatic carboxylic acids is 1. The summed E-state index contributed by atoms with van der Waals surface area (Å²) in [6.07, 6.45) is 6.41. The molecule has 2 aliphatic rings. The minimum Gasteiger partial charge on any atom is -0.481 e. The lowest BCUT2D eigenvalue weighted by Gasteiger charge is -2.40. The van der Waals surface area contributed by atoms with Crippen LogP contribution in [0.4, 0.5) is 4.79 Å². The summed E-state index contributed by atoms with van der Waals surface area (Å²) in [5.74, 6) is -0.712. The van der Waals surface area contributed by atoms with Gasteiger partial charge in [0, 0.05) is 26.2 Å². The predicted octanol–water partition coefficient (Wildman–Crippen LogP) is 2.56. The summed E-state index contributed by atoms with van der Waals surface area (Å²) in [6.45, 7) is 3.06. The fraction of sp³-hybridized carbons (Fsp3) is 0.867. The van der Waals surface area contributed by atoms with Crippen molar-refractivity contribution < 1.29 is 14.7 Å². The van der Waals surface area contributed by atoms with Crippen molar-refractivity contribution in [3.8, 4) is 0 Å². The molecule has 114 valence electrons. The number of nitrogens with zero attached hydrogens (tertiary/aromatic N) is 2. The second-order valence-corrected chi connectivity index (χ2v) is 6.26. The molecule has 0 aromatic heterocycles. The first-order valence-corrected chi connectivity index (χ1v) is 7.75. The number of piperidine rings is 1. The van der Waals surface area contributed by atoms with Gasteiger partial charge in [0.25, 0.3) is 0 Å². The van der Waals surface area contributed by atoms with Crippen molar-refractivity contribution in [3.05, 3.63) is 0 Å². The van der Waals surface area contributed by atoms with Gasteiger partial charge in [-0.05, 0) is 32.1 Å². The molecule has 2 rings (SSSR count). The SMILES string of the molecule is CCC1(C(=O)O)CCN(C(=O)N(C)C2CCCC2)CC1. The third-order valence-corrected chi connectivity index (χ3v) is 5.30. The summed E-state index contributed by atoms with van der Waals surface area (Å²) in [7, 11) is 1.89. The first kappa shape index (κ1) is 15.1. The van der Waals surface area contributed by atoms with Crippen molar-refractivity contribution in [2.45, 2.75) is 57.9 Å². The van der Waals surface area contributed by atoms with Crippen molar-refractivity contribution >= 4 is 12.0 Å². The van der Waals surface area contributed by atoms with Gasteiger partial charge in [-0.1, -0.05) is 19.8 Å². The second-order valence-electron chi connectivity index (χ2n) is 6.26. The van der Waals surface area contributed by atoms with Gasteiger partial charge >= 0.3 is 12.0 Å². The zero-order valence-corrected chi connectivity index (χ0v) is 12.6. The van der Waals surface area contributed by atoms with Crippen LogP contribution in [0.25, 0.3) is 0 Å². The lowest BCUT2D eigenvalue weighted by molar-refractivity contribution is -0.152. The number of likely N-dealkylation sites (tertiary alicyclic amines) is 1. The monoisotopic (exact) mass is 282 g/mol. The molecule has 0 radical (unpaired) electrons. The lowest BCUT2D eigenvalue weighted by atomic mass is 9.76. The van der Waals surface area contributed by atoms with E-state index in [1.165, 1.54) is 12.8 Å². The molecule has 2 fully saturated rings. The van der Waals surface area contributed by atoms with Crippen LogP contribution in [0.15, 0.2) is 0 Å². The quantitative estimate of drug-likeness (QED) is 0.865. The lowest BCUT2D eigenvalue weighted by Crippen LogP contribution is -2.51. The number of carboxylic acids is 1. The van der Waals surface area contributed by atoms with Gasteiger partial charge in [0.1, 0.15) is 0 Å². The highest BCUT2D eigenvalue weighted by Crippen LogP contribution is 2.35. The molecule has 0 atom stereocenters. The number of urea groups is 1. The first-order chi connectivity index (χ1) is 9.50. The molecule has 1 N–H and O–H groups in total. The number of hydrogen-bond donors (Lipinski definition) is 1. The van der Waals surface area contributed by atoms with Crippen LogP contribution in [0.2, 0.25) is 0 Å². The fourth-order valence-electron chi connectivity index (χ4n) is 3.52. The molecule has 1 aliphatic heterocycles. The predicted molar refractivity (Wildman–Crippen MR) is 76.6 cm³/mol. The smallest absolute Gasteiger partial charge is 0.319 e. The van der Waals surface area contributed by atoms with Gasteiger partial charge in [-0.25, -0.2) is 4.79 Å². The van der Waals surface area contributed by atoms with E-state index in [1.807, 2.05) is 23.8 Å². The number of carbonyl (C=O) groups excluding carboxylic acids is 1. The number of carbonyl (C=O) groups is 2. The van der Waals surface area contributed by atoms with Crippen molar-refractivity contribution in [3.63, 3.8) is 0 Å². The largest absolute Gasteiger partial charge is 0.481 e. The molecule has 0 bridgehead atoms. The van der Waals surface area contributed by atoms with Crippen molar-refractivity contribution in [1.82, 2.24) is 9.80 Å². The molecule has 0 aromatic rings. The third-order valence-electron chi connectivity index (χ3n) is 5.30. The zero-order chi connectivity index (χ0) is 14.8. The van der Waals surface area contributed by atoms with Crippen LogP contribution in [0.3, 0.4) is 0 Å². The van der Waals surface area contributed by atoms with E-state index in [1.54, 1.807) is 0 Å². The second kappa shape index (κ2) is 6.02. The van der Waals surface area contributed by atoms with Gasteiger partial charge in [-0.3, -0.25) is 4.79 Å². The minimum atomic E-state index is -0.712. The molecule has 0 spiro atoms. The highest BCUT2D eigenvalue weighted by atomic mass is 16.4. The Labute approximate surface area is 120 Å². The van der Waals surface area contributed by atoms with Crippen LogP contribution in [0, 0.1) is 5.41 Å². The standard InChI is InChI=1S/C15H26N2O3/c1-3-15(13(18)19)8-10-17(11-9-15)14(20)16(2)12-6-4-5-7-12/h12H,3-11H2,1-2H3,(H,18,19). The third kappa shape index (κ3) is 2.76. The van der Waals surface area contributed by atoms with Crippen LogP contribution in [0.1, 0.15) is 51.9 Å². The first-order valence-electron chi connectivity index (χ1n) is 7.75. The van der Waals surface area contributed by atoms with Gasteiger partial charge in [0.2, 0.25) is 0 Å². The average molecular weight is 282 g/mol. The fourth-order valence-corrected chi connectivity index (χ4v) is 3.52. The summed E-state index contributed by atoms with van der Waals surface area (Å²) < 4.78 is 0. The Balaban J connectivity index is 1.92. The van der Waals surface area contributed by atoms with E-state index in [0.717, 1.165) is 12.8 Å². The van der Waals surface area contributed by atoms with Crippen LogP contribution < -0.4 is 0 Å². The minimum absolute atomic E-state index is 0.0759. The van der Waals surface area contributed by atoms with Crippen molar-refractivity contribution in [1.29, 1.82) is 0 Å². The highest BCUT2D eigenvalue weighted by Gasteiger charge is 2.41. The molecule has 2 amide bonds. The molecule has 1 heterocycles. The Hall–Kier alpha value is -1.26. The maximum Gasteiger partial charge on any atom is 0.319 e. The molecule has 1 aliphatic carbocycles. The van der Waals surface area contributed by atoms with Crippen molar-refractivity contribution in [2.24, 2.45) is 5.41 Å². The molecule has 1 saturated carbocycles. The van der Waals surface area contributed by atoms with Crippen molar-refractivity contribution in [2.75, 3.05) is 20.1 Å². The molecule has 5 nitrogen and oxygen atoms in total. The zero-order valence-electron chi connectivity index (χ0n) is 12.6. The van der Waals surface area contributed by atoms with Gasteiger partial charge in [-0.2, -0.15) is 0 Å². The molecular formula is C15H26N2O3. The molecule has 5 heteroatoms. The topological polar surface area (TPSA) is 60.9 Å². The molecule has 20 heavy (non-hydrogen) atoms. The maximum atomic E-state index is 12.5. The van der Waals surface area contributed by atoms with E-state index in [4.69, 9.17) is 0 Å². The van der Waals surface area contributed by atoms with Crippen LogP contribution in [-0.4, -0.2) is 53.1 Å². The molecule has 1 saturated heterocycles. The normalized spacial score (nSPS) is 22.8. The summed E-state index contributed by atoms with van der Waals surface area (Å²) in [6, 6.07) is 0.451. The Kier molecular flexibility index (Phi) is 4.55. The van der Waals surface area contributed by atoms with Crippen LogP contribution >= 0.6 is 0 Å². The van der Waals surface area contributed by atoms with Gasteiger partial charge in [0.05, 0.1) is 5.41 Å². The van der Waals surface area contributed by atoms with Crippen LogP contribution in [-0.2, 0) is 4.79 Å². The van der Waals surface area contributed by atoms with E-state index in [9.17, 15) is 14.7 Å². The average Bonchev–Trinajstić information content (AvgIpc) is 2.99. The number of amides is 2. The summed E-state index contributed by atoms with van der Waals surface area (Å²) in [5, 5.41) is 9.38. The number of carboxylic acid groups (broad SMARTS) is 1. The van der Waals surface area contributed by atoms with E-state index < -0.39 is 11.4 Å². The van der Waals surface area contributed by atoms with Crippen LogP contribution in [0.5, 0.6) is 0 Å². The summed E-state index contributed by atoms with van der Waals surface area (Å²) >= 11 is 0. The van der Waals surface area contributed by atoms with Gasteiger partial charge in [-0.15, -0.1) is 0 Å². The molecule has 0 aromatic carbocycles. The Morgan fingerprint density at radius 1 is 1.25 bits per heavy atom. The Bertz CT molecular complexity index is 369. The van der Waals surface area contributed by atoms with E-state index in [0.29, 0.717) is 38.4 Å². The van der Waals surface area contributed by atoms with E-state index in [-0.39, 0.29) is 6.03 Å². The van der Waals surface area contributed by atoms with Gasteiger partial charge in [0.15, 0.2) is 0 Å². The summed E-state index contributed by atoms with van der Waals surface area (Å²) in [5.41, 5.74) is -0.622. The molecular weight excluding hydrogens is 256 g/mol. The molecule has 0 unspecified atom stereocenters. The summed E-state index contributed by atoms with van der Waals surface area (Å²) in [4.78, 5) is 27.6. The Morgan fingerprint density at radius 2 is 1.80 bits per heavy atom. The van der Waals surface area contributed by atoms with Gasteiger partial charge < -0.3 is 14.9 Å². The highest BCUT2D eigenvalue weighted by molar-refractivity contribution is 5.77. The number of rotatable bonds is 3. The Morgan fingerprint density at radius 3 is 2.25 bits per heavy atom. The maximum absolute atomic E-state index is 12.5. The van der Waals surface area contributed by atoms with E-state index in [2.05, 4.69) is 0 Å². The number of hydrogen-bond acceptors (Lipinski definition) is 2.